The Hall–Kier alpha value is -1.000. The molecular formula is C13H14BrN2S+. The third kappa shape index (κ3) is 3.01. The molecule has 1 aromatic heterocycles. The first kappa shape index (κ1) is 12.5. The molecule has 0 saturated carbocycles. The van der Waals surface area contributed by atoms with Gasteiger partial charge < -0.3 is 5.32 Å². The molecule has 0 aliphatic carbocycles. The summed E-state index contributed by atoms with van der Waals surface area (Å²) in [5.74, 6) is 0. The minimum atomic E-state index is -0.148. The number of aromatic nitrogens is 1. The van der Waals surface area contributed by atoms with Crippen molar-refractivity contribution in [1.82, 2.24) is 4.98 Å². The second kappa shape index (κ2) is 4.70. The number of anilines is 2. The van der Waals surface area contributed by atoms with Gasteiger partial charge in [0.25, 0.3) is 0 Å². The van der Waals surface area contributed by atoms with E-state index in [1.165, 1.54) is 0 Å². The third-order valence-electron chi connectivity index (χ3n) is 2.31. The zero-order chi connectivity index (χ0) is 12.5. The van der Waals surface area contributed by atoms with E-state index in [4.69, 9.17) is 0 Å². The molecule has 2 nitrogen and oxygen atoms in total. The van der Waals surface area contributed by atoms with Crippen molar-refractivity contribution in [2.75, 3.05) is 5.32 Å². The molecule has 0 atom stereocenters. The Balaban J connectivity index is 2.21. The van der Waals surface area contributed by atoms with E-state index in [0.29, 0.717) is 0 Å². The SMILES string of the molecule is [CH2+]C(C)(C)c1csc(Nc2ccccc2Br)n1. The molecule has 0 bridgehead atoms. The van der Waals surface area contributed by atoms with Gasteiger partial charge in [0, 0.05) is 9.85 Å². The number of nitrogens with one attached hydrogen (secondary N) is 1. The smallest absolute Gasteiger partial charge is 0.187 e. The van der Waals surface area contributed by atoms with Crippen LogP contribution in [0.3, 0.4) is 0 Å². The van der Waals surface area contributed by atoms with Crippen molar-refractivity contribution in [3.63, 3.8) is 0 Å². The van der Waals surface area contributed by atoms with Crippen LogP contribution in [0.4, 0.5) is 10.8 Å². The van der Waals surface area contributed by atoms with Crippen LogP contribution in [0.1, 0.15) is 19.5 Å². The molecule has 1 aromatic carbocycles. The van der Waals surface area contributed by atoms with Crippen molar-refractivity contribution in [2.24, 2.45) is 0 Å². The van der Waals surface area contributed by atoms with Crippen LogP contribution >= 0.6 is 27.3 Å². The van der Waals surface area contributed by atoms with Gasteiger partial charge in [0.1, 0.15) is 11.1 Å². The van der Waals surface area contributed by atoms with E-state index in [9.17, 15) is 0 Å². The molecule has 0 radical (unpaired) electrons. The Morgan fingerprint density at radius 1 is 1.35 bits per heavy atom. The highest BCUT2D eigenvalue weighted by molar-refractivity contribution is 9.10. The fourth-order valence-corrected chi connectivity index (χ4v) is 2.62. The van der Waals surface area contributed by atoms with Crippen LogP contribution in [0.5, 0.6) is 0 Å². The number of rotatable bonds is 3. The first-order chi connectivity index (χ1) is 7.97. The van der Waals surface area contributed by atoms with Crippen molar-refractivity contribution in [1.29, 1.82) is 0 Å². The topological polar surface area (TPSA) is 24.9 Å². The standard InChI is InChI=1S/C13H14BrN2S/c1-13(2,3)11-8-17-12(16-11)15-10-7-5-4-6-9(10)14/h4-8H,1H2,2-3H3,(H,15,16)/q+1. The molecular weight excluding hydrogens is 296 g/mol. The van der Waals surface area contributed by atoms with E-state index < -0.39 is 0 Å². The van der Waals surface area contributed by atoms with E-state index in [0.717, 1.165) is 21.0 Å². The van der Waals surface area contributed by atoms with Gasteiger partial charge in [-0.2, -0.15) is 0 Å². The molecule has 17 heavy (non-hydrogen) atoms. The van der Waals surface area contributed by atoms with Crippen LogP contribution in [0, 0.1) is 6.92 Å². The number of hydrogen-bond donors (Lipinski definition) is 1. The summed E-state index contributed by atoms with van der Waals surface area (Å²) in [6, 6.07) is 8.00. The highest BCUT2D eigenvalue weighted by Crippen LogP contribution is 2.30. The fraction of sp³-hybridized carbons (Fsp3) is 0.231. The van der Waals surface area contributed by atoms with E-state index in [1.807, 2.05) is 29.6 Å². The van der Waals surface area contributed by atoms with Crippen LogP contribution in [0.25, 0.3) is 0 Å². The minimum absolute atomic E-state index is 0.148. The van der Waals surface area contributed by atoms with Gasteiger partial charge >= 0.3 is 0 Å². The maximum Gasteiger partial charge on any atom is 0.187 e. The summed E-state index contributed by atoms with van der Waals surface area (Å²) in [5, 5.41) is 6.24. The number of hydrogen-bond acceptors (Lipinski definition) is 3. The molecule has 0 saturated heterocycles. The third-order valence-corrected chi connectivity index (χ3v) is 3.76. The number of benzene rings is 1. The van der Waals surface area contributed by atoms with Crippen LogP contribution in [0.15, 0.2) is 34.1 Å². The normalized spacial score (nSPS) is 11.5. The van der Waals surface area contributed by atoms with Gasteiger partial charge in [-0.25, -0.2) is 4.98 Å². The molecule has 0 spiro atoms. The quantitative estimate of drug-likeness (QED) is 0.827. The second-order valence-electron chi connectivity index (χ2n) is 4.53. The summed E-state index contributed by atoms with van der Waals surface area (Å²) < 4.78 is 1.03. The Morgan fingerprint density at radius 3 is 2.65 bits per heavy atom. The highest BCUT2D eigenvalue weighted by atomic mass is 79.9. The highest BCUT2D eigenvalue weighted by Gasteiger charge is 2.24. The van der Waals surface area contributed by atoms with E-state index in [2.05, 4.69) is 47.0 Å². The van der Waals surface area contributed by atoms with Crippen LogP contribution in [-0.4, -0.2) is 4.98 Å². The molecule has 0 amide bonds. The van der Waals surface area contributed by atoms with Gasteiger partial charge in [0.05, 0.1) is 12.6 Å². The largest absolute Gasteiger partial charge is 0.331 e. The van der Waals surface area contributed by atoms with E-state index in [1.54, 1.807) is 11.3 Å². The van der Waals surface area contributed by atoms with E-state index in [-0.39, 0.29) is 5.41 Å². The van der Waals surface area contributed by atoms with Gasteiger partial charge in [-0.15, -0.1) is 11.3 Å². The summed E-state index contributed by atoms with van der Waals surface area (Å²) in [7, 11) is 0. The first-order valence-electron chi connectivity index (χ1n) is 5.30. The summed E-state index contributed by atoms with van der Waals surface area (Å²) in [5.41, 5.74) is 1.89. The number of para-hydroxylation sites is 1. The van der Waals surface area contributed by atoms with Crippen LogP contribution in [-0.2, 0) is 5.41 Å². The molecule has 88 valence electrons. The van der Waals surface area contributed by atoms with E-state index >= 15 is 0 Å². The predicted molar refractivity (Wildman–Crippen MR) is 77.9 cm³/mol. The monoisotopic (exact) mass is 309 g/mol. The van der Waals surface area contributed by atoms with Gasteiger partial charge in [0.15, 0.2) is 5.13 Å². The number of halogens is 1. The summed E-state index contributed by atoms with van der Waals surface area (Å²) in [6.07, 6.45) is 0. The zero-order valence-corrected chi connectivity index (χ0v) is 12.2. The molecule has 2 aromatic rings. The van der Waals surface area contributed by atoms with Gasteiger partial charge in [-0.1, -0.05) is 12.1 Å². The van der Waals surface area contributed by atoms with Crippen molar-refractivity contribution in [3.8, 4) is 0 Å². The van der Waals surface area contributed by atoms with Crippen molar-refractivity contribution >= 4 is 38.1 Å². The van der Waals surface area contributed by atoms with Gasteiger partial charge in [0.2, 0.25) is 0 Å². The van der Waals surface area contributed by atoms with Crippen LogP contribution < -0.4 is 5.32 Å². The molecule has 0 unspecified atom stereocenters. The van der Waals surface area contributed by atoms with Gasteiger partial charge in [-0.3, -0.25) is 0 Å². The predicted octanol–water partition coefficient (Wildman–Crippen LogP) is 4.76. The van der Waals surface area contributed by atoms with Gasteiger partial charge in [-0.05, 0) is 41.9 Å². The van der Waals surface area contributed by atoms with Crippen LogP contribution in [0.2, 0.25) is 0 Å². The molecule has 0 fully saturated rings. The number of thiazole rings is 1. The zero-order valence-electron chi connectivity index (χ0n) is 9.83. The molecule has 0 aliphatic rings. The summed E-state index contributed by atoms with van der Waals surface area (Å²) in [4.78, 5) is 4.54. The Kier molecular flexibility index (Phi) is 3.45. The minimum Gasteiger partial charge on any atom is -0.331 e. The molecule has 2 rings (SSSR count). The Bertz CT molecular complexity index is 514. The molecule has 1 heterocycles. The Morgan fingerprint density at radius 2 is 2.06 bits per heavy atom. The maximum atomic E-state index is 4.54. The lowest BCUT2D eigenvalue weighted by Gasteiger charge is -2.07. The first-order valence-corrected chi connectivity index (χ1v) is 6.97. The van der Waals surface area contributed by atoms with Crippen molar-refractivity contribution < 1.29 is 0 Å². The lowest BCUT2D eigenvalue weighted by atomic mass is 9.93. The van der Waals surface area contributed by atoms with Crippen molar-refractivity contribution in [2.45, 2.75) is 19.3 Å². The number of nitrogens with zero attached hydrogens (tertiary/aromatic N) is 1. The second-order valence-corrected chi connectivity index (χ2v) is 6.24. The molecule has 1 N–H and O–H groups in total. The Labute approximate surface area is 114 Å². The fourth-order valence-electron chi connectivity index (χ4n) is 1.32. The molecule has 0 aliphatic heterocycles. The summed E-state index contributed by atoms with van der Waals surface area (Å²) in [6.45, 7) is 8.21. The lowest BCUT2D eigenvalue weighted by molar-refractivity contribution is 0.645. The van der Waals surface area contributed by atoms with Crippen molar-refractivity contribution in [3.05, 3.63) is 46.7 Å². The average Bonchev–Trinajstić information content (AvgIpc) is 2.69. The average molecular weight is 310 g/mol. The maximum absolute atomic E-state index is 4.54. The summed E-state index contributed by atoms with van der Waals surface area (Å²) >= 11 is 5.10. The lowest BCUT2D eigenvalue weighted by Crippen LogP contribution is -2.11. The molecule has 4 heteroatoms.